The van der Waals surface area contributed by atoms with Crippen molar-refractivity contribution in [2.45, 2.75) is 32.2 Å². The number of amides is 1. The summed E-state index contributed by atoms with van der Waals surface area (Å²) in [7, 11) is 1.99. The molecule has 8 nitrogen and oxygen atoms in total. The van der Waals surface area contributed by atoms with Crippen molar-refractivity contribution in [3.8, 4) is 0 Å². The normalized spacial score (nSPS) is 26.7. The molecule has 21 heavy (non-hydrogen) atoms. The number of aromatic nitrogens is 3. The summed E-state index contributed by atoms with van der Waals surface area (Å²) in [6, 6.07) is 0. The minimum Gasteiger partial charge on any atom is -0.388 e. The summed E-state index contributed by atoms with van der Waals surface area (Å²) in [6.07, 6.45) is 0. The molecule has 1 N–H and O–H groups in total. The first-order valence-corrected chi connectivity index (χ1v) is 7.17. The predicted octanol–water partition coefficient (Wildman–Crippen LogP) is -1.17. The maximum Gasteiger partial charge on any atom is 0.256 e. The summed E-state index contributed by atoms with van der Waals surface area (Å²) in [6.45, 7) is 5.32. The van der Waals surface area contributed by atoms with E-state index in [-0.39, 0.29) is 12.5 Å². The molecular weight excluding hydrogens is 274 g/mol. The molecule has 0 saturated carbocycles. The summed E-state index contributed by atoms with van der Waals surface area (Å²) in [4.78, 5) is 16.7. The van der Waals surface area contributed by atoms with Gasteiger partial charge in [-0.1, -0.05) is 0 Å². The number of aliphatic hydroxyl groups is 1. The van der Waals surface area contributed by atoms with E-state index in [0.29, 0.717) is 44.4 Å². The summed E-state index contributed by atoms with van der Waals surface area (Å²) in [5.74, 6) is 1.26. The number of hydrogen-bond donors (Lipinski definition) is 1. The molecule has 3 rings (SSSR count). The Hall–Kier alpha value is -1.51. The van der Waals surface area contributed by atoms with Crippen molar-refractivity contribution in [1.29, 1.82) is 0 Å². The number of rotatable bonds is 2. The molecule has 2 aliphatic heterocycles. The van der Waals surface area contributed by atoms with Gasteiger partial charge in [0.1, 0.15) is 6.61 Å². The van der Waals surface area contributed by atoms with E-state index in [0.717, 1.165) is 6.54 Å². The van der Waals surface area contributed by atoms with Crippen LogP contribution in [-0.4, -0.2) is 74.5 Å². The van der Waals surface area contributed by atoms with Gasteiger partial charge in [-0.05, 0) is 14.0 Å². The van der Waals surface area contributed by atoms with Crippen molar-refractivity contribution in [2.24, 2.45) is 0 Å². The molecule has 0 spiro atoms. The molecule has 0 aromatic carbocycles. The van der Waals surface area contributed by atoms with Crippen LogP contribution in [0.15, 0.2) is 0 Å². The fourth-order valence-corrected chi connectivity index (χ4v) is 3.04. The number of carbonyl (C=O) groups excluding carboxylic acids is 1. The first-order valence-electron chi connectivity index (χ1n) is 7.17. The molecule has 1 aromatic heterocycles. The maximum atomic E-state index is 12.8. The van der Waals surface area contributed by atoms with Gasteiger partial charge in [0.05, 0.1) is 13.2 Å². The van der Waals surface area contributed by atoms with Crippen LogP contribution in [0.3, 0.4) is 0 Å². The van der Waals surface area contributed by atoms with Gasteiger partial charge in [-0.3, -0.25) is 4.79 Å². The van der Waals surface area contributed by atoms with Gasteiger partial charge in [0, 0.05) is 26.2 Å². The van der Waals surface area contributed by atoms with Gasteiger partial charge in [-0.2, -0.15) is 0 Å². The molecule has 0 radical (unpaired) electrons. The van der Waals surface area contributed by atoms with Gasteiger partial charge in [0.25, 0.3) is 5.91 Å². The van der Waals surface area contributed by atoms with E-state index in [1.807, 2.05) is 18.5 Å². The highest BCUT2D eigenvalue weighted by Crippen LogP contribution is 2.22. The number of hydrogen-bond acceptors (Lipinski definition) is 6. The van der Waals surface area contributed by atoms with E-state index in [1.165, 1.54) is 0 Å². The largest absolute Gasteiger partial charge is 0.388 e. The number of ether oxygens (including phenoxy) is 1. The standard InChI is InChI=1S/C13H21N5O3/c1-13(9-16(2)5-6-21-13)12(20)17-3-4-18-10(7-17)14-15-11(18)8-19/h19H,3-9H2,1-2H3/t13-/m1/s1. The molecule has 0 unspecified atom stereocenters. The zero-order valence-electron chi connectivity index (χ0n) is 12.4. The Labute approximate surface area is 123 Å². The van der Waals surface area contributed by atoms with Gasteiger partial charge >= 0.3 is 0 Å². The van der Waals surface area contributed by atoms with Crippen LogP contribution in [0.25, 0.3) is 0 Å². The fourth-order valence-electron chi connectivity index (χ4n) is 3.04. The minimum absolute atomic E-state index is 0.00570. The third kappa shape index (κ3) is 2.54. The van der Waals surface area contributed by atoms with E-state index in [2.05, 4.69) is 15.1 Å². The monoisotopic (exact) mass is 295 g/mol. The predicted molar refractivity (Wildman–Crippen MR) is 73.2 cm³/mol. The first-order chi connectivity index (χ1) is 10.0. The lowest BCUT2D eigenvalue weighted by molar-refractivity contribution is -0.167. The highest BCUT2D eigenvalue weighted by Gasteiger charge is 2.42. The van der Waals surface area contributed by atoms with E-state index in [1.54, 1.807) is 4.90 Å². The number of morpholine rings is 1. The molecule has 2 aliphatic rings. The van der Waals surface area contributed by atoms with Gasteiger partial charge in [0.15, 0.2) is 17.2 Å². The van der Waals surface area contributed by atoms with Crippen molar-refractivity contribution in [3.63, 3.8) is 0 Å². The highest BCUT2D eigenvalue weighted by molar-refractivity contribution is 5.85. The smallest absolute Gasteiger partial charge is 0.256 e. The molecule has 1 saturated heterocycles. The number of fused-ring (bicyclic) bond motifs is 1. The molecule has 8 heteroatoms. The lowest BCUT2D eigenvalue weighted by atomic mass is 10.0. The molecule has 116 valence electrons. The summed E-state index contributed by atoms with van der Waals surface area (Å²) < 4.78 is 7.62. The highest BCUT2D eigenvalue weighted by atomic mass is 16.5. The van der Waals surface area contributed by atoms with Crippen LogP contribution >= 0.6 is 0 Å². The van der Waals surface area contributed by atoms with E-state index in [9.17, 15) is 9.90 Å². The van der Waals surface area contributed by atoms with Crippen molar-refractivity contribution < 1.29 is 14.6 Å². The van der Waals surface area contributed by atoms with Crippen molar-refractivity contribution in [1.82, 2.24) is 24.6 Å². The summed E-state index contributed by atoms with van der Waals surface area (Å²) in [5.41, 5.74) is -0.797. The van der Waals surface area contributed by atoms with Crippen molar-refractivity contribution in [2.75, 3.05) is 33.3 Å². The maximum absolute atomic E-state index is 12.8. The van der Waals surface area contributed by atoms with Gasteiger partial charge in [-0.15, -0.1) is 10.2 Å². The molecule has 3 heterocycles. The summed E-state index contributed by atoms with van der Waals surface area (Å²) >= 11 is 0. The van der Waals surface area contributed by atoms with E-state index in [4.69, 9.17) is 4.74 Å². The second-order valence-electron chi connectivity index (χ2n) is 5.89. The average Bonchev–Trinajstić information content (AvgIpc) is 2.88. The third-order valence-corrected chi connectivity index (χ3v) is 4.18. The first kappa shape index (κ1) is 14.4. The Balaban J connectivity index is 1.75. The quantitative estimate of drug-likeness (QED) is 0.740. The van der Waals surface area contributed by atoms with Crippen LogP contribution in [0.2, 0.25) is 0 Å². The number of nitrogens with zero attached hydrogens (tertiary/aromatic N) is 5. The Morgan fingerprint density at radius 2 is 2.19 bits per heavy atom. The number of carbonyl (C=O) groups is 1. The molecule has 1 aromatic rings. The van der Waals surface area contributed by atoms with Crippen LogP contribution in [0.1, 0.15) is 18.6 Å². The van der Waals surface area contributed by atoms with Crippen LogP contribution in [-0.2, 0) is 29.2 Å². The molecule has 1 fully saturated rings. The van der Waals surface area contributed by atoms with Crippen LogP contribution < -0.4 is 0 Å². The number of aliphatic hydroxyl groups excluding tert-OH is 1. The number of likely N-dealkylation sites (N-methyl/N-ethyl adjacent to an activating group) is 1. The Bertz CT molecular complexity index is 546. The zero-order valence-corrected chi connectivity index (χ0v) is 12.4. The van der Waals surface area contributed by atoms with E-state index < -0.39 is 5.60 Å². The Morgan fingerprint density at radius 3 is 2.90 bits per heavy atom. The average molecular weight is 295 g/mol. The van der Waals surface area contributed by atoms with Gasteiger partial charge in [-0.25, -0.2) is 0 Å². The minimum atomic E-state index is -0.797. The fraction of sp³-hybridized carbons (Fsp3) is 0.769. The molecule has 1 atom stereocenters. The lowest BCUT2D eigenvalue weighted by Gasteiger charge is -2.41. The molecular formula is C13H21N5O3. The van der Waals surface area contributed by atoms with Gasteiger partial charge < -0.3 is 24.2 Å². The van der Waals surface area contributed by atoms with Crippen LogP contribution in [0.4, 0.5) is 0 Å². The molecule has 0 bridgehead atoms. The van der Waals surface area contributed by atoms with Crippen molar-refractivity contribution in [3.05, 3.63) is 11.6 Å². The second kappa shape index (κ2) is 5.36. The molecule has 0 aliphatic carbocycles. The van der Waals surface area contributed by atoms with Crippen molar-refractivity contribution >= 4 is 5.91 Å². The van der Waals surface area contributed by atoms with Crippen LogP contribution in [0.5, 0.6) is 0 Å². The summed E-state index contributed by atoms with van der Waals surface area (Å²) in [5, 5.41) is 17.2. The zero-order chi connectivity index (χ0) is 15.0. The Morgan fingerprint density at radius 1 is 1.38 bits per heavy atom. The second-order valence-corrected chi connectivity index (χ2v) is 5.89. The Kier molecular flexibility index (Phi) is 3.68. The topological polar surface area (TPSA) is 83.7 Å². The third-order valence-electron chi connectivity index (χ3n) is 4.18. The van der Waals surface area contributed by atoms with Crippen LogP contribution in [0, 0.1) is 0 Å². The SMILES string of the molecule is CN1CCO[C@@](C)(C(=O)N2CCn3c(CO)nnc3C2)C1. The lowest BCUT2D eigenvalue weighted by Crippen LogP contribution is -2.59. The van der Waals surface area contributed by atoms with Gasteiger partial charge in [0.2, 0.25) is 0 Å². The van der Waals surface area contributed by atoms with E-state index >= 15 is 0 Å². The molecule has 1 amide bonds.